The van der Waals surface area contributed by atoms with E-state index < -0.39 is 0 Å². The standard InChI is InChI=1S/C24H18ClNO4/c1-2-29-18-12-10-15(11-13-18)22(27)23-21(19-8-3-4-9-20(19)30-23)26-24(28)16-6-5-7-17(25)14-16/h3-14H,2H2,1H3,(H,26,28). The average Bonchev–Trinajstić information content (AvgIpc) is 3.12. The summed E-state index contributed by atoms with van der Waals surface area (Å²) in [4.78, 5) is 26.0. The zero-order valence-corrected chi connectivity index (χ0v) is 16.9. The first-order chi connectivity index (χ1) is 14.6. The first-order valence-electron chi connectivity index (χ1n) is 9.43. The molecule has 0 saturated carbocycles. The van der Waals surface area contributed by atoms with E-state index >= 15 is 0 Å². The maximum Gasteiger partial charge on any atom is 0.255 e. The van der Waals surface area contributed by atoms with Crippen molar-refractivity contribution in [2.24, 2.45) is 0 Å². The maximum absolute atomic E-state index is 13.2. The minimum atomic E-state index is -0.384. The molecule has 0 unspecified atom stereocenters. The van der Waals surface area contributed by atoms with Gasteiger partial charge >= 0.3 is 0 Å². The normalized spacial score (nSPS) is 10.7. The number of para-hydroxylation sites is 1. The minimum absolute atomic E-state index is 0.0655. The number of nitrogens with one attached hydrogen (secondary N) is 1. The number of halogens is 1. The molecule has 30 heavy (non-hydrogen) atoms. The van der Waals surface area contributed by atoms with Gasteiger partial charge in [0.15, 0.2) is 5.76 Å². The van der Waals surface area contributed by atoms with Gasteiger partial charge in [-0.15, -0.1) is 0 Å². The number of anilines is 1. The number of hydrogen-bond donors (Lipinski definition) is 1. The van der Waals surface area contributed by atoms with Crippen molar-refractivity contribution in [1.82, 2.24) is 0 Å². The molecule has 0 atom stereocenters. The van der Waals surface area contributed by atoms with E-state index in [1.54, 1.807) is 66.7 Å². The fourth-order valence-corrected chi connectivity index (χ4v) is 3.34. The van der Waals surface area contributed by atoms with Crippen molar-refractivity contribution in [3.05, 3.63) is 94.7 Å². The molecule has 0 aliphatic carbocycles. The summed E-state index contributed by atoms with van der Waals surface area (Å²) in [6, 6.07) is 20.5. The lowest BCUT2D eigenvalue weighted by Gasteiger charge is -2.07. The van der Waals surface area contributed by atoms with Crippen LogP contribution in [0.15, 0.2) is 77.2 Å². The van der Waals surface area contributed by atoms with Crippen LogP contribution in [0.4, 0.5) is 5.69 Å². The van der Waals surface area contributed by atoms with Crippen molar-refractivity contribution in [1.29, 1.82) is 0 Å². The number of hydrogen-bond acceptors (Lipinski definition) is 4. The quantitative estimate of drug-likeness (QED) is 0.391. The van der Waals surface area contributed by atoms with Crippen LogP contribution < -0.4 is 10.1 Å². The van der Waals surface area contributed by atoms with Crippen LogP contribution >= 0.6 is 11.6 Å². The number of ether oxygens (including phenoxy) is 1. The molecule has 6 heteroatoms. The molecule has 1 aromatic heterocycles. The monoisotopic (exact) mass is 419 g/mol. The van der Waals surface area contributed by atoms with Gasteiger partial charge in [0.05, 0.1) is 12.3 Å². The summed E-state index contributed by atoms with van der Waals surface area (Å²) in [7, 11) is 0. The summed E-state index contributed by atoms with van der Waals surface area (Å²) >= 11 is 6.00. The van der Waals surface area contributed by atoms with Crippen molar-refractivity contribution < 1.29 is 18.7 Å². The van der Waals surface area contributed by atoms with Gasteiger partial charge in [0, 0.05) is 21.5 Å². The molecule has 5 nitrogen and oxygen atoms in total. The molecule has 0 spiro atoms. The van der Waals surface area contributed by atoms with Crippen molar-refractivity contribution in [3.63, 3.8) is 0 Å². The Hall–Kier alpha value is -3.57. The molecule has 1 N–H and O–H groups in total. The third kappa shape index (κ3) is 3.93. The molecule has 150 valence electrons. The Morgan fingerprint density at radius 3 is 2.47 bits per heavy atom. The number of fused-ring (bicyclic) bond motifs is 1. The van der Waals surface area contributed by atoms with Gasteiger partial charge in [-0.3, -0.25) is 9.59 Å². The zero-order chi connectivity index (χ0) is 21.1. The van der Waals surface area contributed by atoms with E-state index in [0.29, 0.717) is 45.2 Å². The van der Waals surface area contributed by atoms with Crippen LogP contribution in [0, 0.1) is 0 Å². The molecular formula is C24H18ClNO4. The van der Waals surface area contributed by atoms with Gasteiger partial charge in [-0.05, 0) is 61.5 Å². The number of rotatable bonds is 6. The van der Waals surface area contributed by atoms with E-state index in [2.05, 4.69) is 5.32 Å². The predicted molar refractivity (Wildman–Crippen MR) is 117 cm³/mol. The lowest BCUT2D eigenvalue weighted by molar-refractivity contribution is 0.101. The summed E-state index contributed by atoms with van der Waals surface area (Å²) in [6.07, 6.45) is 0. The van der Waals surface area contributed by atoms with Crippen LogP contribution in [0.25, 0.3) is 11.0 Å². The van der Waals surface area contributed by atoms with Gasteiger partial charge in [0.1, 0.15) is 11.3 Å². The number of carbonyl (C=O) groups excluding carboxylic acids is 2. The van der Waals surface area contributed by atoms with E-state index in [1.165, 1.54) is 0 Å². The third-order valence-electron chi connectivity index (χ3n) is 4.55. The summed E-state index contributed by atoms with van der Waals surface area (Å²) < 4.78 is 11.3. The Kier molecular flexibility index (Phi) is 5.55. The third-order valence-corrected chi connectivity index (χ3v) is 4.79. The Balaban J connectivity index is 1.73. The molecule has 0 aliphatic heterocycles. The van der Waals surface area contributed by atoms with Crippen LogP contribution in [0.2, 0.25) is 5.02 Å². The Labute approximate surface area is 178 Å². The lowest BCUT2D eigenvalue weighted by atomic mass is 10.1. The highest BCUT2D eigenvalue weighted by Crippen LogP contribution is 2.33. The first-order valence-corrected chi connectivity index (χ1v) is 9.80. The van der Waals surface area contributed by atoms with E-state index in [9.17, 15) is 9.59 Å². The largest absolute Gasteiger partial charge is 0.494 e. The summed E-state index contributed by atoms with van der Waals surface area (Å²) in [5.74, 6) is 0.0179. The Morgan fingerprint density at radius 1 is 0.967 bits per heavy atom. The highest BCUT2D eigenvalue weighted by atomic mass is 35.5. The van der Waals surface area contributed by atoms with Gasteiger partial charge in [0.25, 0.3) is 5.91 Å². The second-order valence-corrected chi connectivity index (χ2v) is 6.99. The topological polar surface area (TPSA) is 68.5 Å². The maximum atomic E-state index is 13.2. The van der Waals surface area contributed by atoms with E-state index in [-0.39, 0.29) is 17.5 Å². The summed E-state index contributed by atoms with van der Waals surface area (Å²) in [5.41, 5.74) is 1.64. The fraction of sp³-hybridized carbons (Fsp3) is 0.0833. The second-order valence-electron chi connectivity index (χ2n) is 6.55. The van der Waals surface area contributed by atoms with E-state index in [0.717, 1.165) is 0 Å². The number of ketones is 1. The minimum Gasteiger partial charge on any atom is -0.494 e. The van der Waals surface area contributed by atoms with Gasteiger partial charge < -0.3 is 14.5 Å². The molecule has 4 aromatic rings. The van der Waals surface area contributed by atoms with Crippen molar-refractivity contribution >= 4 is 39.9 Å². The average molecular weight is 420 g/mol. The van der Waals surface area contributed by atoms with Gasteiger partial charge in [0.2, 0.25) is 5.78 Å². The predicted octanol–water partition coefficient (Wildman–Crippen LogP) is 5.97. The summed E-state index contributed by atoms with van der Waals surface area (Å²) in [5, 5.41) is 3.91. The molecule has 0 bridgehead atoms. The SMILES string of the molecule is CCOc1ccc(C(=O)c2oc3ccccc3c2NC(=O)c2cccc(Cl)c2)cc1. The van der Waals surface area contributed by atoms with Crippen molar-refractivity contribution in [2.45, 2.75) is 6.92 Å². The van der Waals surface area contributed by atoms with Gasteiger partial charge in [-0.25, -0.2) is 0 Å². The highest BCUT2D eigenvalue weighted by molar-refractivity contribution is 6.31. The molecule has 0 saturated heterocycles. The summed E-state index contributed by atoms with van der Waals surface area (Å²) in [6.45, 7) is 2.43. The molecule has 1 amide bonds. The fourth-order valence-electron chi connectivity index (χ4n) is 3.15. The Bertz CT molecular complexity index is 1230. The molecule has 1 heterocycles. The number of amides is 1. The number of benzene rings is 3. The van der Waals surface area contributed by atoms with Crippen molar-refractivity contribution in [3.8, 4) is 5.75 Å². The van der Waals surface area contributed by atoms with Crippen LogP contribution in [-0.2, 0) is 0 Å². The lowest BCUT2D eigenvalue weighted by Crippen LogP contribution is -2.14. The van der Waals surface area contributed by atoms with E-state index in [1.807, 2.05) is 13.0 Å². The molecule has 4 rings (SSSR count). The number of carbonyl (C=O) groups is 2. The van der Waals surface area contributed by atoms with Crippen LogP contribution in [-0.4, -0.2) is 18.3 Å². The number of furan rings is 1. The van der Waals surface area contributed by atoms with Crippen LogP contribution in [0.3, 0.4) is 0 Å². The highest BCUT2D eigenvalue weighted by Gasteiger charge is 2.24. The second kappa shape index (κ2) is 8.43. The molecule has 0 fully saturated rings. The smallest absolute Gasteiger partial charge is 0.255 e. The van der Waals surface area contributed by atoms with Gasteiger partial charge in [-0.2, -0.15) is 0 Å². The first kappa shape index (κ1) is 19.7. The Morgan fingerprint density at radius 2 is 1.73 bits per heavy atom. The molecule has 0 aliphatic rings. The van der Waals surface area contributed by atoms with Gasteiger partial charge in [-0.1, -0.05) is 29.8 Å². The molecule has 0 radical (unpaired) electrons. The van der Waals surface area contributed by atoms with E-state index in [4.69, 9.17) is 20.8 Å². The van der Waals surface area contributed by atoms with Crippen molar-refractivity contribution in [2.75, 3.05) is 11.9 Å². The molecule has 3 aromatic carbocycles. The zero-order valence-electron chi connectivity index (χ0n) is 16.1. The van der Waals surface area contributed by atoms with Crippen LogP contribution in [0.1, 0.15) is 33.4 Å². The van der Waals surface area contributed by atoms with Crippen LogP contribution in [0.5, 0.6) is 5.75 Å². The molecular weight excluding hydrogens is 402 g/mol.